The highest BCUT2D eigenvalue weighted by Gasteiger charge is 2.22. The smallest absolute Gasteiger partial charge is 0.240 e. The van der Waals surface area contributed by atoms with Crippen LogP contribution in [0.25, 0.3) is 0 Å². The Hall–Kier alpha value is -0.820. The molecule has 0 spiro atoms. The maximum atomic E-state index is 12.1. The van der Waals surface area contributed by atoms with Gasteiger partial charge in [-0.15, -0.1) is 0 Å². The average Bonchev–Trinajstić information content (AvgIpc) is 2.76. The second kappa shape index (κ2) is 5.66. The third-order valence-electron chi connectivity index (χ3n) is 3.33. The fourth-order valence-electron chi connectivity index (χ4n) is 2.18. The predicted octanol–water partition coefficient (Wildman–Crippen LogP) is 1.15. The number of nitrogens with one attached hydrogen (secondary N) is 1. The van der Waals surface area contributed by atoms with E-state index in [9.17, 15) is 8.42 Å². The summed E-state index contributed by atoms with van der Waals surface area (Å²) in [7, 11) is -1.48. The monoisotopic (exact) mass is 303 g/mol. The first-order valence-corrected chi connectivity index (χ1v) is 7.98. The molecule has 1 aliphatic heterocycles. The summed E-state index contributed by atoms with van der Waals surface area (Å²) in [5, 5.41) is 0.253. The fourth-order valence-corrected chi connectivity index (χ4v) is 3.57. The normalized spacial score (nSPS) is 20.8. The molecule has 1 heterocycles. The van der Waals surface area contributed by atoms with Gasteiger partial charge in [-0.05, 0) is 44.1 Å². The zero-order valence-electron chi connectivity index (χ0n) is 10.8. The number of rotatable bonds is 4. The Morgan fingerprint density at radius 2 is 2.26 bits per heavy atom. The van der Waals surface area contributed by atoms with Gasteiger partial charge in [0.2, 0.25) is 10.0 Å². The second-order valence-electron chi connectivity index (χ2n) is 4.95. The number of nitrogens with zero attached hydrogens (tertiary/aromatic N) is 1. The summed E-state index contributed by atoms with van der Waals surface area (Å²) in [6.45, 7) is 2.39. The van der Waals surface area contributed by atoms with Crippen LogP contribution < -0.4 is 10.5 Å². The third kappa shape index (κ3) is 3.60. The van der Waals surface area contributed by atoms with Crippen LogP contribution in [0.5, 0.6) is 0 Å². The molecule has 1 fully saturated rings. The van der Waals surface area contributed by atoms with Gasteiger partial charge >= 0.3 is 0 Å². The highest BCUT2D eigenvalue weighted by atomic mass is 35.5. The Kier molecular flexibility index (Phi) is 4.35. The van der Waals surface area contributed by atoms with E-state index in [1.54, 1.807) is 0 Å². The van der Waals surface area contributed by atoms with Gasteiger partial charge < -0.3 is 10.6 Å². The molecule has 3 N–H and O–H groups in total. The van der Waals surface area contributed by atoms with Crippen molar-refractivity contribution in [1.82, 2.24) is 9.62 Å². The van der Waals surface area contributed by atoms with Crippen LogP contribution in [0, 0.1) is 5.92 Å². The van der Waals surface area contributed by atoms with E-state index in [0.717, 1.165) is 19.5 Å². The predicted molar refractivity (Wildman–Crippen MR) is 76.7 cm³/mol. The number of benzene rings is 1. The largest absolute Gasteiger partial charge is 0.398 e. The van der Waals surface area contributed by atoms with Crippen LogP contribution in [0.3, 0.4) is 0 Å². The zero-order valence-corrected chi connectivity index (χ0v) is 12.3. The van der Waals surface area contributed by atoms with Gasteiger partial charge in [-0.25, -0.2) is 13.1 Å². The molecule has 0 aromatic heterocycles. The molecule has 7 heteroatoms. The van der Waals surface area contributed by atoms with Crippen LogP contribution in [-0.2, 0) is 10.0 Å². The van der Waals surface area contributed by atoms with Crippen LogP contribution in [0.15, 0.2) is 23.1 Å². The SMILES string of the molecule is CN1CCC(CNS(=O)(=O)c2ccc(N)c(Cl)c2)C1. The number of likely N-dealkylation sites (tertiary alicyclic amines) is 1. The zero-order chi connectivity index (χ0) is 14.0. The molecular formula is C12H18ClN3O2S. The first kappa shape index (κ1) is 14.6. The van der Waals surface area contributed by atoms with Crippen molar-refractivity contribution >= 4 is 27.3 Å². The van der Waals surface area contributed by atoms with E-state index >= 15 is 0 Å². The van der Waals surface area contributed by atoms with E-state index < -0.39 is 10.0 Å². The first-order chi connectivity index (χ1) is 8.88. The standard InChI is InChI=1S/C12H18ClN3O2S/c1-16-5-4-9(8-16)7-15-19(17,18)10-2-3-12(14)11(13)6-10/h2-3,6,9,15H,4-5,7-8,14H2,1H3. The van der Waals surface area contributed by atoms with Gasteiger partial charge in [0.1, 0.15) is 0 Å². The number of halogens is 1. The molecule has 2 rings (SSSR count). The number of sulfonamides is 1. The minimum Gasteiger partial charge on any atom is -0.398 e. The Morgan fingerprint density at radius 3 is 2.84 bits per heavy atom. The molecule has 0 radical (unpaired) electrons. The Balaban J connectivity index is 2.03. The first-order valence-electron chi connectivity index (χ1n) is 6.12. The molecule has 0 saturated carbocycles. The minimum atomic E-state index is -3.51. The summed E-state index contributed by atoms with van der Waals surface area (Å²) < 4.78 is 26.9. The summed E-state index contributed by atoms with van der Waals surface area (Å²) in [5.41, 5.74) is 5.94. The van der Waals surface area contributed by atoms with Gasteiger partial charge in [0.25, 0.3) is 0 Å². The van der Waals surface area contributed by atoms with Gasteiger partial charge in [-0.3, -0.25) is 0 Å². The number of hydrogen-bond donors (Lipinski definition) is 2. The quantitative estimate of drug-likeness (QED) is 0.818. The minimum absolute atomic E-state index is 0.151. The van der Waals surface area contributed by atoms with Crippen molar-refractivity contribution in [1.29, 1.82) is 0 Å². The van der Waals surface area contributed by atoms with Crippen LogP contribution >= 0.6 is 11.6 Å². The van der Waals surface area contributed by atoms with E-state index in [4.69, 9.17) is 17.3 Å². The van der Waals surface area contributed by atoms with Crippen LogP contribution in [0.4, 0.5) is 5.69 Å². The molecule has 0 amide bonds. The summed E-state index contributed by atoms with van der Waals surface area (Å²) >= 11 is 5.84. The lowest BCUT2D eigenvalue weighted by Crippen LogP contribution is -2.30. The maximum absolute atomic E-state index is 12.1. The van der Waals surface area contributed by atoms with Crippen molar-refractivity contribution in [3.8, 4) is 0 Å². The lowest BCUT2D eigenvalue weighted by Gasteiger charge is -2.12. The second-order valence-corrected chi connectivity index (χ2v) is 7.13. The summed E-state index contributed by atoms with van der Waals surface area (Å²) in [6.07, 6.45) is 1.02. The molecule has 0 bridgehead atoms. The van der Waals surface area contributed by atoms with Crippen molar-refractivity contribution in [2.75, 3.05) is 32.4 Å². The van der Waals surface area contributed by atoms with Crippen molar-refractivity contribution in [2.45, 2.75) is 11.3 Å². The Morgan fingerprint density at radius 1 is 1.53 bits per heavy atom. The Bertz CT molecular complexity index is 562. The molecule has 1 saturated heterocycles. The molecule has 1 aliphatic rings. The molecule has 1 aromatic carbocycles. The molecule has 5 nitrogen and oxygen atoms in total. The van der Waals surface area contributed by atoms with Crippen molar-refractivity contribution < 1.29 is 8.42 Å². The number of hydrogen-bond acceptors (Lipinski definition) is 4. The highest BCUT2D eigenvalue weighted by Crippen LogP contribution is 2.22. The molecule has 0 aliphatic carbocycles. The van der Waals surface area contributed by atoms with E-state index in [1.807, 2.05) is 7.05 Å². The fraction of sp³-hybridized carbons (Fsp3) is 0.500. The highest BCUT2D eigenvalue weighted by molar-refractivity contribution is 7.89. The maximum Gasteiger partial charge on any atom is 0.240 e. The molecule has 1 atom stereocenters. The molecular weight excluding hydrogens is 286 g/mol. The van der Waals surface area contributed by atoms with E-state index in [-0.39, 0.29) is 9.92 Å². The Labute approximate surface area is 118 Å². The third-order valence-corrected chi connectivity index (χ3v) is 5.08. The van der Waals surface area contributed by atoms with Gasteiger partial charge in [0, 0.05) is 13.1 Å². The van der Waals surface area contributed by atoms with Crippen molar-refractivity contribution in [3.05, 3.63) is 23.2 Å². The van der Waals surface area contributed by atoms with Gasteiger partial charge in [0.05, 0.1) is 15.6 Å². The van der Waals surface area contributed by atoms with E-state index in [2.05, 4.69) is 9.62 Å². The summed E-state index contributed by atoms with van der Waals surface area (Å²) in [4.78, 5) is 2.34. The van der Waals surface area contributed by atoms with Crippen molar-refractivity contribution in [2.24, 2.45) is 5.92 Å². The lowest BCUT2D eigenvalue weighted by molar-refractivity contribution is 0.394. The number of nitrogen functional groups attached to an aromatic ring is 1. The summed E-state index contributed by atoms with van der Waals surface area (Å²) in [6, 6.07) is 4.34. The van der Waals surface area contributed by atoms with Crippen LogP contribution in [0.2, 0.25) is 5.02 Å². The topological polar surface area (TPSA) is 75.4 Å². The molecule has 1 unspecified atom stereocenters. The summed E-state index contributed by atoms with van der Waals surface area (Å²) in [5.74, 6) is 0.365. The van der Waals surface area contributed by atoms with Gasteiger partial charge in [-0.1, -0.05) is 11.6 Å². The van der Waals surface area contributed by atoms with E-state index in [1.165, 1.54) is 18.2 Å². The molecule has 106 valence electrons. The molecule has 19 heavy (non-hydrogen) atoms. The van der Waals surface area contributed by atoms with Gasteiger partial charge in [0.15, 0.2) is 0 Å². The average molecular weight is 304 g/mol. The van der Waals surface area contributed by atoms with Crippen molar-refractivity contribution in [3.63, 3.8) is 0 Å². The number of nitrogens with two attached hydrogens (primary N) is 1. The van der Waals surface area contributed by atoms with Gasteiger partial charge in [-0.2, -0.15) is 0 Å². The van der Waals surface area contributed by atoms with Crippen LogP contribution in [0.1, 0.15) is 6.42 Å². The number of anilines is 1. The molecule has 1 aromatic rings. The lowest BCUT2D eigenvalue weighted by atomic mass is 10.1. The van der Waals surface area contributed by atoms with Crippen LogP contribution in [-0.4, -0.2) is 40.0 Å². The van der Waals surface area contributed by atoms with E-state index in [0.29, 0.717) is 18.2 Å².